The molecule has 0 bridgehead atoms. The van der Waals surface area contributed by atoms with Crippen LogP contribution in [0.15, 0.2) is 47.3 Å². The van der Waals surface area contributed by atoms with E-state index in [0.29, 0.717) is 12.3 Å². The van der Waals surface area contributed by atoms with Crippen molar-refractivity contribution in [2.45, 2.75) is 6.61 Å². The highest BCUT2D eigenvalue weighted by Gasteiger charge is 1.96. The van der Waals surface area contributed by atoms with Crippen molar-refractivity contribution in [1.82, 2.24) is 0 Å². The first-order chi connectivity index (χ1) is 6.84. The first kappa shape index (κ1) is 8.69. The number of nitrogen functional groups attached to an aromatic ring is 1. The predicted molar refractivity (Wildman–Crippen MR) is 53.9 cm³/mol. The second-order valence-electron chi connectivity index (χ2n) is 2.99. The van der Waals surface area contributed by atoms with E-state index in [9.17, 15) is 0 Å². The van der Waals surface area contributed by atoms with Crippen LogP contribution in [0.25, 0.3) is 0 Å². The van der Waals surface area contributed by atoms with Crippen molar-refractivity contribution in [2.75, 3.05) is 5.73 Å². The van der Waals surface area contributed by atoms with Crippen molar-refractivity contribution in [3.05, 3.63) is 48.4 Å². The van der Waals surface area contributed by atoms with E-state index >= 15 is 0 Å². The molecule has 0 atom stereocenters. The standard InChI is InChI=1S/C11H11NO2/c12-10-2-1-3-11(6-10)14-8-9-4-5-13-7-9/h1-7H,8,12H2. The molecule has 0 fully saturated rings. The fraction of sp³-hybridized carbons (Fsp3) is 0.0909. The van der Waals surface area contributed by atoms with Gasteiger partial charge < -0.3 is 14.9 Å². The molecule has 2 aromatic rings. The van der Waals surface area contributed by atoms with E-state index in [1.165, 1.54) is 0 Å². The van der Waals surface area contributed by atoms with Gasteiger partial charge in [-0.2, -0.15) is 0 Å². The van der Waals surface area contributed by atoms with Crippen molar-refractivity contribution in [3.63, 3.8) is 0 Å². The molecule has 3 nitrogen and oxygen atoms in total. The highest BCUT2D eigenvalue weighted by atomic mass is 16.5. The largest absolute Gasteiger partial charge is 0.489 e. The van der Waals surface area contributed by atoms with Crippen LogP contribution in [0, 0.1) is 0 Å². The number of hydrogen-bond donors (Lipinski definition) is 1. The minimum Gasteiger partial charge on any atom is -0.489 e. The molecule has 72 valence electrons. The number of hydrogen-bond acceptors (Lipinski definition) is 3. The molecule has 0 aliphatic heterocycles. The molecule has 2 N–H and O–H groups in total. The fourth-order valence-electron chi connectivity index (χ4n) is 1.15. The van der Waals surface area contributed by atoms with Crippen LogP contribution >= 0.6 is 0 Å². The molecule has 0 aliphatic rings. The van der Waals surface area contributed by atoms with Crippen LogP contribution < -0.4 is 10.5 Å². The zero-order chi connectivity index (χ0) is 9.80. The Labute approximate surface area is 82.1 Å². The number of furan rings is 1. The van der Waals surface area contributed by atoms with Crippen LogP contribution in [-0.2, 0) is 6.61 Å². The van der Waals surface area contributed by atoms with Crippen LogP contribution in [-0.4, -0.2) is 0 Å². The Morgan fingerprint density at radius 1 is 1.29 bits per heavy atom. The van der Waals surface area contributed by atoms with Gasteiger partial charge in [0.05, 0.1) is 12.5 Å². The van der Waals surface area contributed by atoms with Gasteiger partial charge in [-0.05, 0) is 18.2 Å². The van der Waals surface area contributed by atoms with Crippen molar-refractivity contribution >= 4 is 5.69 Å². The first-order valence-corrected chi connectivity index (χ1v) is 4.34. The van der Waals surface area contributed by atoms with E-state index in [4.69, 9.17) is 14.9 Å². The Hall–Kier alpha value is -1.90. The predicted octanol–water partition coefficient (Wildman–Crippen LogP) is 2.44. The lowest BCUT2D eigenvalue weighted by molar-refractivity contribution is 0.305. The first-order valence-electron chi connectivity index (χ1n) is 4.34. The molecule has 1 aromatic heterocycles. The Morgan fingerprint density at radius 2 is 2.21 bits per heavy atom. The molecule has 14 heavy (non-hydrogen) atoms. The molecule has 1 heterocycles. The summed E-state index contributed by atoms with van der Waals surface area (Å²) in [7, 11) is 0. The number of anilines is 1. The summed E-state index contributed by atoms with van der Waals surface area (Å²) in [5.41, 5.74) is 7.32. The van der Waals surface area contributed by atoms with Gasteiger partial charge in [0.15, 0.2) is 0 Å². The van der Waals surface area contributed by atoms with Gasteiger partial charge in [-0.15, -0.1) is 0 Å². The van der Waals surface area contributed by atoms with Gasteiger partial charge in [0.2, 0.25) is 0 Å². The fourth-order valence-corrected chi connectivity index (χ4v) is 1.15. The van der Waals surface area contributed by atoms with Gasteiger partial charge >= 0.3 is 0 Å². The van der Waals surface area contributed by atoms with Crippen molar-refractivity contribution < 1.29 is 9.15 Å². The van der Waals surface area contributed by atoms with Crippen molar-refractivity contribution in [2.24, 2.45) is 0 Å². The van der Waals surface area contributed by atoms with E-state index < -0.39 is 0 Å². The lowest BCUT2D eigenvalue weighted by Crippen LogP contribution is -1.94. The van der Waals surface area contributed by atoms with Crippen LogP contribution in [0.2, 0.25) is 0 Å². The van der Waals surface area contributed by atoms with Gasteiger partial charge in [0.25, 0.3) is 0 Å². The smallest absolute Gasteiger partial charge is 0.121 e. The van der Waals surface area contributed by atoms with Crippen molar-refractivity contribution in [3.8, 4) is 5.75 Å². The summed E-state index contributed by atoms with van der Waals surface area (Å²) in [4.78, 5) is 0. The Bertz CT molecular complexity index is 395. The van der Waals surface area contributed by atoms with Crippen LogP contribution in [0.4, 0.5) is 5.69 Å². The average molecular weight is 189 g/mol. The molecule has 0 aliphatic carbocycles. The van der Waals surface area contributed by atoms with Gasteiger partial charge in [0, 0.05) is 17.3 Å². The molecule has 0 saturated carbocycles. The van der Waals surface area contributed by atoms with E-state index in [0.717, 1.165) is 11.3 Å². The highest BCUT2D eigenvalue weighted by molar-refractivity contribution is 5.43. The van der Waals surface area contributed by atoms with Crippen LogP contribution in [0.1, 0.15) is 5.56 Å². The third-order valence-electron chi connectivity index (χ3n) is 1.84. The molecular weight excluding hydrogens is 178 g/mol. The normalized spacial score (nSPS) is 10.0. The molecule has 0 unspecified atom stereocenters. The Morgan fingerprint density at radius 3 is 2.93 bits per heavy atom. The summed E-state index contributed by atoms with van der Waals surface area (Å²) >= 11 is 0. The summed E-state index contributed by atoms with van der Waals surface area (Å²) in [6.07, 6.45) is 3.28. The molecule has 1 aromatic carbocycles. The maximum atomic E-state index is 5.61. The second kappa shape index (κ2) is 3.87. The van der Waals surface area contributed by atoms with E-state index in [-0.39, 0.29) is 0 Å². The molecule has 0 amide bonds. The summed E-state index contributed by atoms with van der Waals surface area (Å²) in [6.45, 7) is 0.500. The maximum absolute atomic E-state index is 5.61. The average Bonchev–Trinajstić information content (AvgIpc) is 2.67. The minimum absolute atomic E-state index is 0.500. The molecule has 3 heteroatoms. The maximum Gasteiger partial charge on any atom is 0.121 e. The topological polar surface area (TPSA) is 48.4 Å². The van der Waals surface area contributed by atoms with Gasteiger partial charge in [-0.1, -0.05) is 6.07 Å². The zero-order valence-electron chi connectivity index (χ0n) is 7.64. The minimum atomic E-state index is 0.500. The third-order valence-corrected chi connectivity index (χ3v) is 1.84. The zero-order valence-corrected chi connectivity index (χ0v) is 7.64. The number of rotatable bonds is 3. The van der Waals surface area contributed by atoms with E-state index in [2.05, 4.69) is 0 Å². The molecular formula is C11H11NO2. The molecule has 0 saturated heterocycles. The van der Waals surface area contributed by atoms with E-state index in [1.54, 1.807) is 18.6 Å². The SMILES string of the molecule is Nc1cccc(OCc2ccoc2)c1. The monoisotopic (exact) mass is 189 g/mol. The summed E-state index contributed by atoms with van der Waals surface area (Å²) in [5, 5.41) is 0. The lowest BCUT2D eigenvalue weighted by Gasteiger charge is -2.04. The number of ether oxygens (including phenoxy) is 1. The molecule has 2 rings (SSSR count). The molecule has 0 radical (unpaired) electrons. The summed E-state index contributed by atoms with van der Waals surface area (Å²) in [5.74, 6) is 0.770. The van der Waals surface area contributed by atoms with Gasteiger partial charge in [0.1, 0.15) is 12.4 Å². The number of benzene rings is 1. The van der Waals surface area contributed by atoms with Gasteiger partial charge in [-0.3, -0.25) is 0 Å². The van der Waals surface area contributed by atoms with Crippen molar-refractivity contribution in [1.29, 1.82) is 0 Å². The third kappa shape index (κ3) is 2.07. The summed E-state index contributed by atoms with van der Waals surface area (Å²) in [6, 6.07) is 9.22. The quantitative estimate of drug-likeness (QED) is 0.754. The molecule has 0 spiro atoms. The lowest BCUT2D eigenvalue weighted by atomic mass is 10.3. The van der Waals surface area contributed by atoms with Gasteiger partial charge in [-0.25, -0.2) is 0 Å². The van der Waals surface area contributed by atoms with E-state index in [1.807, 2.05) is 24.3 Å². The highest BCUT2D eigenvalue weighted by Crippen LogP contribution is 2.16. The Balaban J connectivity index is 1.98. The second-order valence-corrected chi connectivity index (χ2v) is 2.99. The van der Waals surface area contributed by atoms with Crippen LogP contribution in [0.5, 0.6) is 5.75 Å². The number of nitrogens with two attached hydrogens (primary N) is 1. The summed E-state index contributed by atoms with van der Waals surface area (Å²) < 4.78 is 10.4. The Kier molecular flexibility index (Phi) is 2.40. The van der Waals surface area contributed by atoms with Crippen LogP contribution in [0.3, 0.4) is 0 Å².